The molecule has 1 aromatic carbocycles. The lowest BCUT2D eigenvalue weighted by atomic mass is 10.1. The number of nitrogen functional groups attached to an aromatic ring is 1. The molecule has 0 aliphatic heterocycles. The number of anilines is 2. The number of hydrogen-bond donors (Lipinski definition) is 2. The maximum atomic E-state index is 11.0. The smallest absolute Gasteiger partial charge is 0.337 e. The van der Waals surface area contributed by atoms with E-state index in [-0.39, 0.29) is 11.3 Å². The minimum Gasteiger partial charge on any atom is -0.478 e. The van der Waals surface area contributed by atoms with E-state index >= 15 is 0 Å². The molecule has 18 heavy (non-hydrogen) atoms. The van der Waals surface area contributed by atoms with E-state index in [2.05, 4.69) is 4.98 Å². The number of carboxylic acids is 1. The Labute approximate surface area is 108 Å². The van der Waals surface area contributed by atoms with E-state index in [9.17, 15) is 4.79 Å². The molecule has 0 saturated heterocycles. The van der Waals surface area contributed by atoms with Gasteiger partial charge in [0.1, 0.15) is 0 Å². The van der Waals surface area contributed by atoms with Crippen molar-refractivity contribution in [3.8, 4) is 0 Å². The van der Waals surface area contributed by atoms with E-state index < -0.39 is 5.97 Å². The molecule has 0 bridgehead atoms. The third-order valence-corrected chi connectivity index (χ3v) is 3.23. The van der Waals surface area contributed by atoms with E-state index in [1.54, 1.807) is 23.7 Å². The Bertz CT molecular complexity index is 554. The molecule has 0 amide bonds. The van der Waals surface area contributed by atoms with Crippen molar-refractivity contribution in [2.24, 2.45) is 0 Å². The average molecular weight is 263 g/mol. The van der Waals surface area contributed by atoms with Crippen LogP contribution in [0.4, 0.5) is 11.4 Å². The summed E-state index contributed by atoms with van der Waals surface area (Å²) in [7, 11) is 1.89. The molecule has 2 rings (SSSR count). The van der Waals surface area contributed by atoms with Crippen LogP contribution in [0, 0.1) is 0 Å². The van der Waals surface area contributed by atoms with Crippen LogP contribution in [0.2, 0.25) is 0 Å². The van der Waals surface area contributed by atoms with Crippen molar-refractivity contribution >= 4 is 28.7 Å². The van der Waals surface area contributed by atoms with Crippen LogP contribution in [0.15, 0.2) is 29.1 Å². The van der Waals surface area contributed by atoms with E-state index in [0.29, 0.717) is 6.54 Å². The first kappa shape index (κ1) is 12.4. The summed E-state index contributed by atoms with van der Waals surface area (Å²) in [6.45, 7) is 0.631. The molecule has 1 heterocycles. The second-order valence-corrected chi connectivity index (χ2v) is 4.63. The number of carbonyl (C=O) groups is 1. The van der Waals surface area contributed by atoms with Crippen LogP contribution in [-0.2, 0) is 6.54 Å². The van der Waals surface area contributed by atoms with Gasteiger partial charge in [0.05, 0.1) is 23.3 Å². The standard InChI is InChI=1S/C12H13N3O2S/c1-15(5-8-6-18-7-14-8)9-2-3-11(13)10(4-9)12(16)17/h2-4,6-7H,5,13H2,1H3,(H,16,17). The van der Waals surface area contributed by atoms with Gasteiger partial charge in [-0.1, -0.05) is 0 Å². The van der Waals surface area contributed by atoms with Crippen LogP contribution in [0.1, 0.15) is 16.1 Å². The topological polar surface area (TPSA) is 79.5 Å². The Balaban J connectivity index is 2.22. The molecule has 0 fully saturated rings. The van der Waals surface area contributed by atoms with Gasteiger partial charge in [0.25, 0.3) is 0 Å². The van der Waals surface area contributed by atoms with E-state index in [1.807, 2.05) is 17.3 Å². The number of aromatic nitrogens is 1. The molecule has 0 radical (unpaired) electrons. The summed E-state index contributed by atoms with van der Waals surface area (Å²) in [5.74, 6) is -1.02. The Morgan fingerprint density at radius 3 is 2.94 bits per heavy atom. The summed E-state index contributed by atoms with van der Waals surface area (Å²) >= 11 is 1.54. The zero-order valence-corrected chi connectivity index (χ0v) is 10.6. The molecular weight excluding hydrogens is 250 g/mol. The van der Waals surface area contributed by atoms with Crippen LogP contribution in [-0.4, -0.2) is 23.1 Å². The lowest BCUT2D eigenvalue weighted by Gasteiger charge is -2.19. The van der Waals surface area contributed by atoms with Crippen molar-refractivity contribution in [3.63, 3.8) is 0 Å². The fraction of sp³-hybridized carbons (Fsp3) is 0.167. The highest BCUT2D eigenvalue weighted by Gasteiger charge is 2.11. The van der Waals surface area contributed by atoms with Gasteiger partial charge >= 0.3 is 5.97 Å². The van der Waals surface area contributed by atoms with Gasteiger partial charge in [-0.3, -0.25) is 0 Å². The molecule has 0 aliphatic rings. The minimum atomic E-state index is -1.02. The van der Waals surface area contributed by atoms with Crippen molar-refractivity contribution in [1.82, 2.24) is 4.98 Å². The molecule has 3 N–H and O–H groups in total. The number of benzene rings is 1. The molecule has 0 unspecified atom stereocenters. The van der Waals surface area contributed by atoms with Crippen LogP contribution < -0.4 is 10.6 Å². The lowest BCUT2D eigenvalue weighted by molar-refractivity contribution is 0.0698. The van der Waals surface area contributed by atoms with Crippen molar-refractivity contribution in [2.75, 3.05) is 17.7 Å². The molecule has 6 heteroatoms. The van der Waals surface area contributed by atoms with Crippen LogP contribution in [0.3, 0.4) is 0 Å². The van der Waals surface area contributed by atoms with Crippen molar-refractivity contribution < 1.29 is 9.90 Å². The third-order valence-electron chi connectivity index (χ3n) is 2.59. The van der Waals surface area contributed by atoms with Gasteiger partial charge in [-0.2, -0.15) is 0 Å². The van der Waals surface area contributed by atoms with Crippen molar-refractivity contribution in [2.45, 2.75) is 6.54 Å². The first-order valence-electron chi connectivity index (χ1n) is 5.29. The lowest BCUT2D eigenvalue weighted by Crippen LogP contribution is -2.17. The van der Waals surface area contributed by atoms with Crippen LogP contribution in [0.25, 0.3) is 0 Å². The predicted octanol–water partition coefficient (Wildman–Crippen LogP) is 2.06. The van der Waals surface area contributed by atoms with Gasteiger partial charge in [0, 0.05) is 23.8 Å². The third kappa shape index (κ3) is 2.60. The van der Waals surface area contributed by atoms with Gasteiger partial charge < -0.3 is 15.7 Å². The van der Waals surface area contributed by atoms with Gasteiger partial charge in [-0.25, -0.2) is 9.78 Å². The summed E-state index contributed by atoms with van der Waals surface area (Å²) in [6.07, 6.45) is 0. The van der Waals surface area contributed by atoms with Crippen LogP contribution in [0.5, 0.6) is 0 Å². The monoisotopic (exact) mass is 263 g/mol. The maximum absolute atomic E-state index is 11.0. The van der Waals surface area contributed by atoms with E-state index in [1.165, 1.54) is 11.3 Å². The summed E-state index contributed by atoms with van der Waals surface area (Å²) < 4.78 is 0. The second kappa shape index (κ2) is 5.05. The Morgan fingerprint density at radius 1 is 1.56 bits per heavy atom. The van der Waals surface area contributed by atoms with Crippen molar-refractivity contribution in [1.29, 1.82) is 0 Å². The summed E-state index contributed by atoms with van der Waals surface area (Å²) in [6, 6.07) is 4.98. The van der Waals surface area contributed by atoms with E-state index in [0.717, 1.165) is 11.4 Å². The minimum absolute atomic E-state index is 0.123. The average Bonchev–Trinajstić information content (AvgIpc) is 2.81. The number of nitrogens with zero attached hydrogens (tertiary/aromatic N) is 2. The highest BCUT2D eigenvalue weighted by Crippen LogP contribution is 2.21. The summed E-state index contributed by atoms with van der Waals surface area (Å²) in [5.41, 5.74) is 9.54. The predicted molar refractivity (Wildman–Crippen MR) is 72.0 cm³/mol. The fourth-order valence-corrected chi connectivity index (χ4v) is 2.17. The fourth-order valence-electron chi connectivity index (χ4n) is 1.62. The normalized spacial score (nSPS) is 10.3. The number of nitrogens with two attached hydrogens (primary N) is 1. The zero-order valence-electron chi connectivity index (χ0n) is 9.83. The zero-order chi connectivity index (χ0) is 13.1. The molecule has 0 saturated carbocycles. The Morgan fingerprint density at radius 2 is 2.33 bits per heavy atom. The molecule has 5 nitrogen and oxygen atoms in total. The first-order chi connectivity index (χ1) is 8.58. The quantitative estimate of drug-likeness (QED) is 0.825. The van der Waals surface area contributed by atoms with Gasteiger partial charge in [0.2, 0.25) is 0 Å². The van der Waals surface area contributed by atoms with Gasteiger partial charge in [-0.15, -0.1) is 11.3 Å². The Hall–Kier alpha value is -2.08. The molecular formula is C12H13N3O2S. The number of thiazole rings is 1. The molecule has 0 aliphatic carbocycles. The highest BCUT2D eigenvalue weighted by molar-refractivity contribution is 7.07. The first-order valence-corrected chi connectivity index (χ1v) is 6.23. The maximum Gasteiger partial charge on any atom is 0.337 e. The second-order valence-electron chi connectivity index (χ2n) is 3.91. The SMILES string of the molecule is CN(Cc1cscn1)c1ccc(N)c(C(=O)O)c1. The highest BCUT2D eigenvalue weighted by atomic mass is 32.1. The van der Waals surface area contributed by atoms with Gasteiger partial charge in [0.15, 0.2) is 0 Å². The molecule has 94 valence electrons. The molecule has 0 spiro atoms. The molecule has 1 aromatic heterocycles. The largest absolute Gasteiger partial charge is 0.478 e. The van der Waals surface area contributed by atoms with Gasteiger partial charge in [-0.05, 0) is 18.2 Å². The van der Waals surface area contributed by atoms with Crippen molar-refractivity contribution in [3.05, 3.63) is 40.3 Å². The number of aromatic carboxylic acids is 1. The number of hydrogen-bond acceptors (Lipinski definition) is 5. The summed E-state index contributed by atoms with van der Waals surface area (Å²) in [4.78, 5) is 17.1. The van der Waals surface area contributed by atoms with E-state index in [4.69, 9.17) is 10.8 Å². The Kier molecular flexibility index (Phi) is 3.47. The molecule has 0 atom stereocenters. The van der Waals surface area contributed by atoms with Crippen LogP contribution >= 0.6 is 11.3 Å². The summed E-state index contributed by atoms with van der Waals surface area (Å²) in [5, 5.41) is 11.0. The number of carboxylic acid groups (broad SMARTS) is 1. The molecule has 2 aromatic rings. The number of rotatable bonds is 4.